The molecular formula is C12H23N2. The van der Waals surface area contributed by atoms with Crippen LogP contribution < -0.4 is 5.32 Å². The predicted molar refractivity (Wildman–Crippen MR) is 59.3 cm³/mol. The molecule has 2 fully saturated rings. The molecule has 2 rings (SSSR count). The molecule has 2 heterocycles. The van der Waals surface area contributed by atoms with Crippen LogP contribution in [0.1, 0.15) is 51.4 Å². The van der Waals surface area contributed by atoms with Crippen molar-refractivity contribution in [2.24, 2.45) is 0 Å². The van der Waals surface area contributed by atoms with E-state index in [-0.39, 0.29) is 0 Å². The van der Waals surface area contributed by atoms with Crippen LogP contribution in [-0.4, -0.2) is 30.7 Å². The van der Waals surface area contributed by atoms with Crippen LogP contribution in [0.25, 0.3) is 0 Å². The monoisotopic (exact) mass is 195 g/mol. The Morgan fingerprint density at radius 1 is 0.786 bits per heavy atom. The molecule has 0 aromatic rings. The summed E-state index contributed by atoms with van der Waals surface area (Å²) >= 11 is 0. The maximum Gasteiger partial charge on any atom is 0.0760 e. The van der Waals surface area contributed by atoms with Gasteiger partial charge in [-0.3, -0.25) is 4.90 Å². The first-order valence-corrected chi connectivity index (χ1v) is 6.37. The first kappa shape index (κ1) is 10.4. The van der Waals surface area contributed by atoms with Crippen molar-refractivity contribution in [2.45, 2.75) is 57.5 Å². The molecule has 1 unspecified atom stereocenters. The average molecular weight is 195 g/mol. The maximum absolute atomic E-state index is 4.81. The van der Waals surface area contributed by atoms with Crippen molar-refractivity contribution in [1.29, 1.82) is 0 Å². The van der Waals surface area contributed by atoms with Gasteiger partial charge in [-0.25, -0.2) is 5.32 Å². The summed E-state index contributed by atoms with van der Waals surface area (Å²) in [5.74, 6) is 0. The summed E-state index contributed by atoms with van der Waals surface area (Å²) in [7, 11) is 0. The molecule has 2 aliphatic heterocycles. The lowest BCUT2D eigenvalue weighted by molar-refractivity contribution is 0.163. The third kappa shape index (κ3) is 2.96. The van der Waals surface area contributed by atoms with Crippen LogP contribution in [0.5, 0.6) is 0 Å². The maximum atomic E-state index is 4.81. The Hall–Kier alpha value is -0.0800. The van der Waals surface area contributed by atoms with Gasteiger partial charge in [-0.1, -0.05) is 25.7 Å². The van der Waals surface area contributed by atoms with Gasteiger partial charge in [-0.05, 0) is 38.8 Å². The molecule has 1 radical (unpaired) electrons. The highest BCUT2D eigenvalue weighted by Gasteiger charge is 2.20. The third-order valence-corrected chi connectivity index (χ3v) is 3.52. The average Bonchev–Trinajstić information content (AvgIpc) is 2.62. The fraction of sp³-hybridized carbons (Fsp3) is 1.00. The zero-order valence-electron chi connectivity index (χ0n) is 9.25. The highest BCUT2D eigenvalue weighted by atomic mass is 15.3. The van der Waals surface area contributed by atoms with Gasteiger partial charge in [0.1, 0.15) is 0 Å². The van der Waals surface area contributed by atoms with Gasteiger partial charge < -0.3 is 0 Å². The fourth-order valence-corrected chi connectivity index (χ4v) is 2.64. The second-order valence-corrected chi connectivity index (χ2v) is 4.69. The van der Waals surface area contributed by atoms with E-state index in [1.807, 2.05) is 0 Å². The molecule has 0 N–H and O–H groups in total. The first-order valence-electron chi connectivity index (χ1n) is 6.37. The number of likely N-dealkylation sites (tertiary alicyclic amines) is 1. The van der Waals surface area contributed by atoms with Gasteiger partial charge in [0.2, 0.25) is 0 Å². The second kappa shape index (κ2) is 5.72. The van der Waals surface area contributed by atoms with Crippen molar-refractivity contribution >= 4 is 0 Å². The summed E-state index contributed by atoms with van der Waals surface area (Å²) < 4.78 is 0. The zero-order valence-corrected chi connectivity index (χ0v) is 9.25. The van der Waals surface area contributed by atoms with E-state index in [1.165, 1.54) is 64.5 Å². The number of rotatable bonds is 1. The summed E-state index contributed by atoms with van der Waals surface area (Å²) in [6.07, 6.45) is 11.7. The Balaban J connectivity index is 1.83. The lowest BCUT2D eigenvalue weighted by atomic mass is 10.2. The minimum Gasteiger partial charge on any atom is -0.287 e. The van der Waals surface area contributed by atoms with E-state index >= 15 is 0 Å². The summed E-state index contributed by atoms with van der Waals surface area (Å²) in [5.41, 5.74) is 0. The molecule has 1 atom stereocenters. The molecule has 0 aliphatic carbocycles. The Kier molecular flexibility index (Phi) is 4.26. The summed E-state index contributed by atoms with van der Waals surface area (Å²) in [5, 5.41) is 4.81. The Morgan fingerprint density at radius 2 is 1.50 bits per heavy atom. The van der Waals surface area contributed by atoms with Crippen molar-refractivity contribution in [1.82, 2.24) is 10.2 Å². The van der Waals surface area contributed by atoms with Crippen LogP contribution in [0.3, 0.4) is 0 Å². The van der Waals surface area contributed by atoms with Gasteiger partial charge in [0.15, 0.2) is 0 Å². The first-order chi connectivity index (χ1) is 6.97. The molecule has 81 valence electrons. The van der Waals surface area contributed by atoms with E-state index in [0.717, 1.165) is 6.54 Å². The minimum absolute atomic E-state index is 0.579. The van der Waals surface area contributed by atoms with Crippen molar-refractivity contribution in [3.05, 3.63) is 0 Å². The van der Waals surface area contributed by atoms with E-state index in [0.29, 0.717) is 6.17 Å². The SMILES string of the molecule is C1CC[N]C(N2CCCCCC2)CC1. The fourth-order valence-electron chi connectivity index (χ4n) is 2.64. The lowest BCUT2D eigenvalue weighted by Crippen LogP contribution is -2.42. The van der Waals surface area contributed by atoms with Gasteiger partial charge in [0.25, 0.3) is 0 Å². The normalized spacial score (nSPS) is 32.1. The van der Waals surface area contributed by atoms with Gasteiger partial charge in [0, 0.05) is 6.54 Å². The zero-order chi connectivity index (χ0) is 9.64. The summed E-state index contributed by atoms with van der Waals surface area (Å²) in [6.45, 7) is 3.71. The van der Waals surface area contributed by atoms with Crippen molar-refractivity contribution < 1.29 is 0 Å². The number of hydrogen-bond donors (Lipinski definition) is 0. The molecule has 0 aromatic heterocycles. The van der Waals surface area contributed by atoms with E-state index in [9.17, 15) is 0 Å². The summed E-state index contributed by atoms with van der Waals surface area (Å²) in [4.78, 5) is 2.64. The van der Waals surface area contributed by atoms with Crippen LogP contribution in [0.15, 0.2) is 0 Å². The molecule has 2 aliphatic rings. The Labute approximate surface area is 88.1 Å². The molecule has 2 saturated heterocycles. The van der Waals surface area contributed by atoms with Crippen LogP contribution in [0, 0.1) is 0 Å². The largest absolute Gasteiger partial charge is 0.287 e. The van der Waals surface area contributed by atoms with Gasteiger partial charge >= 0.3 is 0 Å². The van der Waals surface area contributed by atoms with E-state index < -0.39 is 0 Å². The third-order valence-electron chi connectivity index (χ3n) is 3.52. The molecule has 0 spiro atoms. The number of hydrogen-bond acceptors (Lipinski definition) is 1. The van der Waals surface area contributed by atoms with Gasteiger partial charge in [0.05, 0.1) is 6.17 Å². The molecule has 14 heavy (non-hydrogen) atoms. The van der Waals surface area contributed by atoms with Crippen LogP contribution >= 0.6 is 0 Å². The van der Waals surface area contributed by atoms with E-state index in [1.54, 1.807) is 0 Å². The van der Waals surface area contributed by atoms with Crippen molar-refractivity contribution in [3.8, 4) is 0 Å². The van der Waals surface area contributed by atoms with Gasteiger partial charge in [-0.2, -0.15) is 0 Å². The second-order valence-electron chi connectivity index (χ2n) is 4.69. The molecule has 0 aromatic carbocycles. The molecule has 2 heteroatoms. The van der Waals surface area contributed by atoms with E-state index in [4.69, 9.17) is 5.32 Å². The van der Waals surface area contributed by atoms with Crippen molar-refractivity contribution in [3.63, 3.8) is 0 Å². The van der Waals surface area contributed by atoms with Gasteiger partial charge in [-0.15, -0.1) is 0 Å². The van der Waals surface area contributed by atoms with Crippen LogP contribution in [-0.2, 0) is 0 Å². The molecule has 0 amide bonds. The minimum atomic E-state index is 0.579. The number of nitrogens with zero attached hydrogens (tertiary/aromatic N) is 2. The smallest absolute Gasteiger partial charge is 0.0760 e. The Morgan fingerprint density at radius 3 is 2.29 bits per heavy atom. The highest BCUT2D eigenvalue weighted by molar-refractivity contribution is 4.74. The quantitative estimate of drug-likeness (QED) is 0.628. The lowest BCUT2D eigenvalue weighted by Gasteiger charge is -2.29. The highest BCUT2D eigenvalue weighted by Crippen LogP contribution is 2.17. The molecule has 0 bridgehead atoms. The van der Waals surface area contributed by atoms with Crippen molar-refractivity contribution in [2.75, 3.05) is 19.6 Å². The molecule has 2 nitrogen and oxygen atoms in total. The Bertz CT molecular complexity index is 124. The van der Waals surface area contributed by atoms with E-state index in [2.05, 4.69) is 4.90 Å². The topological polar surface area (TPSA) is 17.3 Å². The molecular weight excluding hydrogens is 172 g/mol. The summed E-state index contributed by atoms with van der Waals surface area (Å²) in [6, 6.07) is 0. The van der Waals surface area contributed by atoms with Crippen LogP contribution in [0.2, 0.25) is 0 Å². The molecule has 0 saturated carbocycles. The standard InChI is InChI=1S/C12H23N2/c1-2-7-11-14(10-6-1)12-8-4-3-5-9-13-12/h12H,1-11H2. The van der Waals surface area contributed by atoms with Crippen LogP contribution in [0.4, 0.5) is 0 Å². The predicted octanol–water partition coefficient (Wildman–Crippen LogP) is 2.37.